The van der Waals surface area contributed by atoms with E-state index in [1.165, 1.54) is 0 Å². The second kappa shape index (κ2) is 5.41. The fraction of sp³-hybridized carbons (Fsp3) is 0.364. The highest BCUT2D eigenvalue weighted by atomic mass is 32.2. The van der Waals surface area contributed by atoms with Crippen LogP contribution in [0.5, 0.6) is 0 Å². The van der Waals surface area contributed by atoms with E-state index in [2.05, 4.69) is 9.71 Å². The minimum atomic E-state index is -3.57. The van der Waals surface area contributed by atoms with Gasteiger partial charge in [0.2, 0.25) is 5.89 Å². The average Bonchev–Trinajstić information content (AvgIpc) is 2.96. The molecule has 6 nitrogen and oxygen atoms in total. The second-order valence-electron chi connectivity index (χ2n) is 4.08. The van der Waals surface area contributed by atoms with Gasteiger partial charge in [-0.25, -0.2) is 13.4 Å². The first-order chi connectivity index (χ1) is 8.92. The van der Waals surface area contributed by atoms with Gasteiger partial charge in [0, 0.05) is 11.4 Å². The van der Waals surface area contributed by atoms with Crippen molar-refractivity contribution in [1.82, 2.24) is 9.71 Å². The Kier molecular flexibility index (Phi) is 4.04. The molecule has 0 spiro atoms. The van der Waals surface area contributed by atoms with Gasteiger partial charge in [0.1, 0.15) is 9.97 Å². The quantitative estimate of drug-likeness (QED) is 0.873. The van der Waals surface area contributed by atoms with Crippen LogP contribution in [0.25, 0.3) is 0 Å². The van der Waals surface area contributed by atoms with Crippen LogP contribution in [0.3, 0.4) is 0 Å². The predicted molar refractivity (Wildman–Crippen MR) is 72.2 cm³/mol. The minimum absolute atomic E-state index is 0.239. The normalized spacial score (nSPS) is 13.6. The number of hydrogen-bond donors (Lipinski definition) is 2. The van der Waals surface area contributed by atoms with E-state index in [0.717, 1.165) is 16.2 Å². The lowest BCUT2D eigenvalue weighted by molar-refractivity contribution is 0.428. The van der Waals surface area contributed by atoms with Gasteiger partial charge in [-0.15, -0.1) is 11.3 Å². The Morgan fingerprint density at radius 1 is 1.53 bits per heavy atom. The molecule has 1 atom stereocenters. The van der Waals surface area contributed by atoms with Crippen LogP contribution < -0.4 is 10.5 Å². The number of hydrogen-bond acceptors (Lipinski definition) is 6. The largest absolute Gasteiger partial charge is 0.444 e. The Balaban J connectivity index is 2.17. The van der Waals surface area contributed by atoms with Gasteiger partial charge in [-0.05, 0) is 26.0 Å². The monoisotopic (exact) mass is 301 g/mol. The third-order valence-electron chi connectivity index (χ3n) is 2.44. The van der Waals surface area contributed by atoms with Crippen LogP contribution in [-0.2, 0) is 16.6 Å². The lowest BCUT2D eigenvalue weighted by Crippen LogP contribution is -2.26. The van der Waals surface area contributed by atoms with Crippen molar-refractivity contribution < 1.29 is 12.8 Å². The number of nitrogens with two attached hydrogens (primary N) is 1. The van der Waals surface area contributed by atoms with E-state index in [9.17, 15) is 8.42 Å². The first kappa shape index (κ1) is 14.2. The molecule has 2 rings (SSSR count). The third-order valence-corrected chi connectivity index (χ3v) is 5.58. The summed E-state index contributed by atoms with van der Waals surface area (Å²) in [5.41, 5.74) is 5.47. The molecule has 0 aliphatic heterocycles. The molecule has 2 aromatic heterocycles. The molecule has 104 valence electrons. The highest BCUT2D eigenvalue weighted by Gasteiger charge is 2.22. The van der Waals surface area contributed by atoms with Crippen LogP contribution in [0.2, 0.25) is 0 Å². The van der Waals surface area contributed by atoms with E-state index in [0.29, 0.717) is 18.2 Å². The zero-order valence-electron chi connectivity index (χ0n) is 10.6. The number of oxazole rings is 1. The summed E-state index contributed by atoms with van der Waals surface area (Å²) < 4.78 is 32.3. The lowest BCUT2D eigenvalue weighted by Gasteiger charge is -2.09. The number of rotatable bonds is 5. The van der Waals surface area contributed by atoms with Gasteiger partial charge < -0.3 is 10.2 Å². The van der Waals surface area contributed by atoms with Crippen molar-refractivity contribution in [2.45, 2.75) is 30.6 Å². The van der Waals surface area contributed by atoms with E-state index in [1.54, 1.807) is 32.2 Å². The summed E-state index contributed by atoms with van der Waals surface area (Å²) in [5, 5.41) is 0. The third kappa shape index (κ3) is 3.21. The second-order valence-corrected chi connectivity index (χ2v) is 7.19. The maximum Gasteiger partial charge on any atom is 0.250 e. The molecule has 2 heterocycles. The van der Waals surface area contributed by atoms with Crippen molar-refractivity contribution in [3.05, 3.63) is 34.9 Å². The molecular weight excluding hydrogens is 286 g/mol. The average molecular weight is 301 g/mol. The van der Waals surface area contributed by atoms with Crippen molar-refractivity contribution in [2.24, 2.45) is 5.73 Å². The van der Waals surface area contributed by atoms with E-state index in [4.69, 9.17) is 10.2 Å². The highest BCUT2D eigenvalue weighted by molar-refractivity contribution is 7.91. The maximum atomic E-state index is 12.1. The SMILES string of the molecule is Cc1cnc(C(C)NS(=O)(=O)c2ccc(CN)s2)o1. The molecular formula is C11H15N3O3S2. The van der Waals surface area contributed by atoms with E-state index in [-0.39, 0.29) is 4.21 Å². The molecule has 2 aromatic rings. The Morgan fingerprint density at radius 3 is 2.79 bits per heavy atom. The summed E-state index contributed by atoms with van der Waals surface area (Å²) in [6.07, 6.45) is 1.55. The molecule has 0 aliphatic carbocycles. The number of sulfonamides is 1. The first-order valence-corrected chi connectivity index (χ1v) is 7.96. The summed E-state index contributed by atoms with van der Waals surface area (Å²) in [7, 11) is -3.57. The molecule has 0 aromatic carbocycles. The number of aromatic nitrogens is 1. The molecule has 0 bridgehead atoms. The van der Waals surface area contributed by atoms with Crippen molar-refractivity contribution in [3.8, 4) is 0 Å². The fourth-order valence-electron chi connectivity index (χ4n) is 1.53. The summed E-state index contributed by atoms with van der Waals surface area (Å²) in [5.74, 6) is 0.985. The Labute approximate surface area is 115 Å². The highest BCUT2D eigenvalue weighted by Crippen LogP contribution is 2.23. The number of nitrogens with one attached hydrogen (secondary N) is 1. The van der Waals surface area contributed by atoms with Crippen LogP contribution in [0.15, 0.2) is 27.0 Å². The van der Waals surface area contributed by atoms with Gasteiger partial charge >= 0.3 is 0 Å². The minimum Gasteiger partial charge on any atom is -0.444 e. The Bertz CT molecular complexity index is 660. The van der Waals surface area contributed by atoms with Crippen LogP contribution >= 0.6 is 11.3 Å². The van der Waals surface area contributed by atoms with Crippen LogP contribution in [0.4, 0.5) is 0 Å². The van der Waals surface area contributed by atoms with Gasteiger partial charge in [0.25, 0.3) is 10.0 Å². The van der Waals surface area contributed by atoms with E-state index >= 15 is 0 Å². The Hall–Kier alpha value is -1.22. The van der Waals surface area contributed by atoms with Crippen molar-refractivity contribution in [1.29, 1.82) is 0 Å². The van der Waals surface area contributed by atoms with Gasteiger partial charge in [-0.3, -0.25) is 0 Å². The zero-order valence-corrected chi connectivity index (χ0v) is 12.2. The van der Waals surface area contributed by atoms with Crippen LogP contribution in [0.1, 0.15) is 29.5 Å². The van der Waals surface area contributed by atoms with Gasteiger partial charge in [-0.2, -0.15) is 4.72 Å². The van der Waals surface area contributed by atoms with Crippen LogP contribution in [-0.4, -0.2) is 13.4 Å². The molecule has 3 N–H and O–H groups in total. The molecule has 19 heavy (non-hydrogen) atoms. The van der Waals surface area contributed by atoms with Gasteiger partial charge in [0.05, 0.1) is 12.2 Å². The topological polar surface area (TPSA) is 98.2 Å². The first-order valence-electron chi connectivity index (χ1n) is 5.66. The van der Waals surface area contributed by atoms with E-state index < -0.39 is 16.1 Å². The number of aryl methyl sites for hydroxylation is 1. The van der Waals surface area contributed by atoms with Crippen molar-refractivity contribution >= 4 is 21.4 Å². The Morgan fingerprint density at radius 2 is 2.26 bits per heavy atom. The molecule has 8 heteroatoms. The van der Waals surface area contributed by atoms with Crippen LogP contribution in [0, 0.1) is 6.92 Å². The van der Waals surface area contributed by atoms with Gasteiger partial charge in [-0.1, -0.05) is 0 Å². The van der Waals surface area contributed by atoms with E-state index in [1.807, 2.05) is 0 Å². The number of nitrogens with zero attached hydrogens (tertiary/aromatic N) is 1. The predicted octanol–water partition coefficient (Wildman–Crippen LogP) is 1.54. The van der Waals surface area contributed by atoms with Crippen molar-refractivity contribution in [2.75, 3.05) is 0 Å². The molecule has 0 fully saturated rings. The zero-order chi connectivity index (χ0) is 14.0. The number of thiophene rings is 1. The summed E-state index contributed by atoms with van der Waals surface area (Å²) in [6, 6.07) is 2.73. The summed E-state index contributed by atoms with van der Waals surface area (Å²) in [4.78, 5) is 4.82. The standard InChI is InChI=1S/C11H15N3O3S2/c1-7-6-13-11(17-7)8(2)14-19(15,16)10-4-3-9(5-12)18-10/h3-4,6,8,14H,5,12H2,1-2H3. The molecule has 0 saturated carbocycles. The lowest BCUT2D eigenvalue weighted by atomic mass is 10.4. The molecule has 0 aliphatic rings. The van der Waals surface area contributed by atoms with Gasteiger partial charge in [0.15, 0.2) is 0 Å². The smallest absolute Gasteiger partial charge is 0.250 e. The summed E-state index contributed by atoms with van der Waals surface area (Å²) >= 11 is 1.16. The van der Waals surface area contributed by atoms with Crippen molar-refractivity contribution in [3.63, 3.8) is 0 Å². The summed E-state index contributed by atoms with van der Waals surface area (Å²) in [6.45, 7) is 3.76. The molecule has 0 amide bonds. The fourth-order valence-corrected chi connectivity index (χ4v) is 3.97. The molecule has 1 unspecified atom stereocenters. The maximum absolute atomic E-state index is 12.1. The molecule has 0 saturated heterocycles. The molecule has 0 radical (unpaired) electrons.